The average molecular weight is 303 g/mol. The number of nitrogens with one attached hydrogen (secondary N) is 2. The van der Waals surface area contributed by atoms with Gasteiger partial charge in [-0.1, -0.05) is 42.5 Å². The summed E-state index contributed by atoms with van der Waals surface area (Å²) in [4.78, 5) is 11.8. The molecule has 106 valence electrons. The Labute approximate surface area is 133 Å². The molecular formula is C18H13N3S. The van der Waals surface area contributed by atoms with Crippen LogP contribution < -0.4 is 0 Å². The van der Waals surface area contributed by atoms with Crippen LogP contribution >= 0.6 is 12.2 Å². The van der Waals surface area contributed by atoms with Crippen molar-refractivity contribution in [3.05, 3.63) is 78.3 Å². The molecule has 0 fully saturated rings. The number of nitrogens with zero attached hydrogens (tertiary/aromatic N) is 1. The number of hydrogen-bond acceptors (Lipinski definition) is 2. The number of thiocarbonyl (C=S) groups is 1. The highest BCUT2D eigenvalue weighted by Crippen LogP contribution is 2.28. The topological polar surface area (TPSA) is 43.9 Å². The molecule has 0 saturated carbocycles. The van der Waals surface area contributed by atoms with Crippen molar-refractivity contribution in [1.82, 2.24) is 9.97 Å². The summed E-state index contributed by atoms with van der Waals surface area (Å²) >= 11 is 5.66. The molecule has 0 spiro atoms. The van der Waals surface area contributed by atoms with E-state index in [1.807, 2.05) is 55.0 Å². The second-order valence-corrected chi connectivity index (χ2v) is 5.47. The van der Waals surface area contributed by atoms with Crippen LogP contribution in [0.3, 0.4) is 0 Å². The molecule has 1 aromatic carbocycles. The van der Waals surface area contributed by atoms with Crippen molar-refractivity contribution in [2.45, 2.75) is 0 Å². The van der Waals surface area contributed by atoms with E-state index in [0.717, 1.165) is 38.7 Å². The molecule has 3 aromatic rings. The molecule has 2 N–H and O–H groups in total. The molecule has 22 heavy (non-hydrogen) atoms. The van der Waals surface area contributed by atoms with Crippen molar-refractivity contribution in [2.24, 2.45) is 4.99 Å². The minimum Gasteiger partial charge on any atom is -0.360 e. The zero-order chi connectivity index (χ0) is 14.9. The molecule has 4 heteroatoms. The number of hydrogen-bond donors (Lipinski definition) is 2. The molecule has 0 unspecified atom stereocenters. The lowest BCUT2D eigenvalue weighted by molar-refractivity contribution is 1.32. The number of rotatable bonds is 3. The van der Waals surface area contributed by atoms with E-state index in [1.165, 1.54) is 0 Å². The summed E-state index contributed by atoms with van der Waals surface area (Å²) < 4.78 is 0. The summed E-state index contributed by atoms with van der Waals surface area (Å²) in [6.07, 6.45) is 5.68. The van der Waals surface area contributed by atoms with Gasteiger partial charge in [-0.2, -0.15) is 0 Å². The molecule has 0 radical (unpaired) electrons. The Morgan fingerprint density at radius 1 is 0.864 bits per heavy atom. The van der Waals surface area contributed by atoms with E-state index in [9.17, 15) is 0 Å². The third kappa shape index (κ3) is 2.05. The van der Waals surface area contributed by atoms with Gasteiger partial charge in [0.25, 0.3) is 0 Å². The molecule has 0 amide bonds. The molecule has 1 aliphatic heterocycles. The van der Waals surface area contributed by atoms with Crippen molar-refractivity contribution in [3.63, 3.8) is 0 Å². The molecule has 3 nitrogen and oxygen atoms in total. The fourth-order valence-corrected chi connectivity index (χ4v) is 3.00. The Balaban J connectivity index is 1.70. The van der Waals surface area contributed by atoms with Crippen LogP contribution in [0.25, 0.3) is 17.0 Å². The Morgan fingerprint density at radius 2 is 1.73 bits per heavy atom. The number of aromatic amines is 2. The summed E-state index contributed by atoms with van der Waals surface area (Å²) in [5.74, 6) is 0. The zero-order valence-corrected chi connectivity index (χ0v) is 12.5. The highest BCUT2D eigenvalue weighted by molar-refractivity contribution is 7.83. The van der Waals surface area contributed by atoms with Crippen LogP contribution in [0.1, 0.15) is 11.1 Å². The van der Waals surface area contributed by atoms with E-state index in [2.05, 4.69) is 27.1 Å². The summed E-state index contributed by atoms with van der Waals surface area (Å²) in [6, 6.07) is 16.2. The summed E-state index contributed by atoms with van der Waals surface area (Å²) in [5, 5.41) is 0. The zero-order valence-electron chi connectivity index (χ0n) is 11.7. The average Bonchev–Trinajstić information content (AvgIpc) is 3.27. The van der Waals surface area contributed by atoms with Crippen LogP contribution in [0.4, 0.5) is 0 Å². The van der Waals surface area contributed by atoms with Crippen LogP contribution in [0, 0.1) is 0 Å². The first-order valence-electron chi connectivity index (χ1n) is 7.04. The fraction of sp³-hybridized carbons (Fsp3) is 0. The van der Waals surface area contributed by atoms with Crippen LogP contribution in [-0.4, -0.2) is 20.5 Å². The van der Waals surface area contributed by atoms with E-state index in [-0.39, 0.29) is 0 Å². The van der Waals surface area contributed by atoms with E-state index < -0.39 is 0 Å². The SMILES string of the molecule is S=C1C(c2ccccc2)=CN=C1c1cc[nH]c1-c1ccc[nH]1. The van der Waals surface area contributed by atoms with Crippen LogP contribution in [0.15, 0.2) is 72.1 Å². The number of aromatic nitrogens is 2. The van der Waals surface area contributed by atoms with Gasteiger partial charge in [0.15, 0.2) is 0 Å². The van der Waals surface area contributed by atoms with Gasteiger partial charge in [0.1, 0.15) is 0 Å². The lowest BCUT2D eigenvalue weighted by Crippen LogP contribution is -2.11. The summed E-state index contributed by atoms with van der Waals surface area (Å²) in [5.41, 5.74) is 6.01. The van der Waals surface area contributed by atoms with Gasteiger partial charge in [-0.05, 0) is 23.8 Å². The van der Waals surface area contributed by atoms with Crippen molar-refractivity contribution in [1.29, 1.82) is 0 Å². The van der Waals surface area contributed by atoms with Crippen molar-refractivity contribution >= 4 is 28.4 Å². The highest BCUT2D eigenvalue weighted by Gasteiger charge is 2.23. The summed E-state index contributed by atoms with van der Waals surface area (Å²) in [7, 11) is 0. The van der Waals surface area contributed by atoms with Crippen molar-refractivity contribution < 1.29 is 0 Å². The van der Waals surface area contributed by atoms with Gasteiger partial charge < -0.3 is 9.97 Å². The smallest absolute Gasteiger partial charge is 0.0911 e. The number of benzene rings is 1. The molecule has 2 aromatic heterocycles. The maximum atomic E-state index is 5.66. The molecule has 3 heterocycles. The second kappa shape index (κ2) is 5.24. The Kier molecular flexibility index (Phi) is 3.09. The molecule has 0 saturated heterocycles. The van der Waals surface area contributed by atoms with Crippen molar-refractivity contribution in [3.8, 4) is 11.4 Å². The monoisotopic (exact) mass is 303 g/mol. The predicted molar refractivity (Wildman–Crippen MR) is 94.1 cm³/mol. The maximum Gasteiger partial charge on any atom is 0.0911 e. The Hall–Kier alpha value is -2.72. The molecule has 4 rings (SSSR count). The third-order valence-corrected chi connectivity index (χ3v) is 4.15. The lowest BCUT2D eigenvalue weighted by atomic mass is 9.99. The normalized spacial score (nSPS) is 14.1. The van der Waals surface area contributed by atoms with Gasteiger partial charge in [0.05, 0.1) is 22.0 Å². The van der Waals surface area contributed by atoms with Gasteiger partial charge >= 0.3 is 0 Å². The van der Waals surface area contributed by atoms with Crippen LogP contribution in [0.2, 0.25) is 0 Å². The first kappa shape index (κ1) is 13.0. The van der Waals surface area contributed by atoms with Gasteiger partial charge in [0.2, 0.25) is 0 Å². The van der Waals surface area contributed by atoms with E-state index in [1.54, 1.807) is 0 Å². The number of aliphatic imine (C=N–C) groups is 1. The van der Waals surface area contributed by atoms with Crippen LogP contribution in [-0.2, 0) is 0 Å². The molecule has 0 atom stereocenters. The number of allylic oxidation sites excluding steroid dienone is 1. The van der Waals surface area contributed by atoms with Crippen LogP contribution in [0.5, 0.6) is 0 Å². The first-order chi connectivity index (χ1) is 10.8. The maximum absolute atomic E-state index is 5.66. The molecule has 1 aliphatic rings. The predicted octanol–water partition coefficient (Wildman–Crippen LogP) is 4.22. The quantitative estimate of drug-likeness (QED) is 0.699. The standard InChI is InChI=1S/C18H13N3S/c22-18-14(12-5-2-1-3-6-12)11-21-17(18)13-8-10-20-16(13)15-7-4-9-19-15/h1-11,19-20H. The minimum absolute atomic E-state index is 0.790. The molecule has 0 aliphatic carbocycles. The summed E-state index contributed by atoms with van der Waals surface area (Å²) in [6.45, 7) is 0. The fourth-order valence-electron chi connectivity index (χ4n) is 2.66. The van der Waals surface area contributed by atoms with E-state index in [0.29, 0.717) is 0 Å². The van der Waals surface area contributed by atoms with Gasteiger partial charge in [-0.25, -0.2) is 0 Å². The second-order valence-electron chi connectivity index (χ2n) is 5.07. The van der Waals surface area contributed by atoms with Crippen molar-refractivity contribution in [2.75, 3.05) is 0 Å². The molecule has 0 bridgehead atoms. The van der Waals surface area contributed by atoms with Gasteiger partial charge in [-0.3, -0.25) is 4.99 Å². The van der Waals surface area contributed by atoms with Gasteiger partial charge in [0, 0.05) is 29.7 Å². The highest BCUT2D eigenvalue weighted by atomic mass is 32.1. The Bertz CT molecular complexity index is 884. The molecular weight excluding hydrogens is 290 g/mol. The van der Waals surface area contributed by atoms with E-state index in [4.69, 9.17) is 12.2 Å². The Morgan fingerprint density at radius 3 is 2.50 bits per heavy atom. The lowest BCUT2D eigenvalue weighted by Gasteiger charge is -2.06. The first-order valence-corrected chi connectivity index (χ1v) is 7.45. The third-order valence-electron chi connectivity index (χ3n) is 3.74. The largest absolute Gasteiger partial charge is 0.360 e. The van der Waals surface area contributed by atoms with E-state index >= 15 is 0 Å². The van der Waals surface area contributed by atoms with Gasteiger partial charge in [-0.15, -0.1) is 0 Å². The number of H-pyrrole nitrogens is 2. The minimum atomic E-state index is 0.790.